The van der Waals surface area contributed by atoms with Crippen molar-refractivity contribution in [3.05, 3.63) is 35.4 Å². The predicted octanol–water partition coefficient (Wildman–Crippen LogP) is 3.19. The summed E-state index contributed by atoms with van der Waals surface area (Å²) in [6, 6.07) is 5.65. The summed E-state index contributed by atoms with van der Waals surface area (Å²) in [4.78, 5) is 12.4. The van der Waals surface area contributed by atoms with E-state index in [-0.39, 0.29) is 5.91 Å². The van der Waals surface area contributed by atoms with Crippen molar-refractivity contribution in [2.45, 2.75) is 25.7 Å². The lowest BCUT2D eigenvalue weighted by Crippen LogP contribution is -2.12. The predicted molar refractivity (Wildman–Crippen MR) is 66.5 cm³/mol. The van der Waals surface area contributed by atoms with Crippen molar-refractivity contribution in [2.24, 2.45) is 0 Å². The summed E-state index contributed by atoms with van der Waals surface area (Å²) in [5, 5.41) is 2.80. The summed E-state index contributed by atoms with van der Waals surface area (Å²) >= 11 is 4.30. The monoisotopic (exact) mass is 221 g/mol. The fourth-order valence-corrected chi connectivity index (χ4v) is 1.26. The van der Waals surface area contributed by atoms with E-state index >= 15 is 0 Å². The fourth-order valence-electron chi connectivity index (χ4n) is 1.05. The van der Waals surface area contributed by atoms with E-state index in [1.54, 1.807) is 13.0 Å². The highest BCUT2D eigenvalue weighted by Gasteiger charge is 2.04. The number of amides is 1. The Hall–Kier alpha value is -1.22. The average molecular weight is 221 g/mol. The number of rotatable bonds is 2. The summed E-state index contributed by atoms with van der Waals surface area (Å²) in [7, 11) is 0. The van der Waals surface area contributed by atoms with Crippen molar-refractivity contribution in [1.29, 1.82) is 0 Å². The minimum Gasteiger partial charge on any atom is -0.322 e. The molecule has 0 bridgehead atoms. The number of nitrogens with one attached hydrogen (secondary N) is 1. The van der Waals surface area contributed by atoms with Gasteiger partial charge in [0.1, 0.15) is 0 Å². The van der Waals surface area contributed by atoms with Crippen LogP contribution in [0.4, 0.5) is 5.69 Å². The van der Waals surface area contributed by atoms with Crippen molar-refractivity contribution in [2.75, 3.05) is 5.32 Å². The quantitative estimate of drug-likeness (QED) is 0.583. The number of hydrogen-bond donors (Lipinski definition) is 2. The summed E-state index contributed by atoms with van der Waals surface area (Å²) in [5.41, 5.74) is 2.58. The first-order valence-electron chi connectivity index (χ1n) is 4.78. The Bertz CT molecular complexity index is 410. The van der Waals surface area contributed by atoms with Gasteiger partial charge in [0, 0.05) is 16.2 Å². The van der Waals surface area contributed by atoms with Crippen LogP contribution in [-0.2, 0) is 4.79 Å². The number of benzene rings is 1. The van der Waals surface area contributed by atoms with Gasteiger partial charge in [-0.25, -0.2) is 0 Å². The summed E-state index contributed by atoms with van der Waals surface area (Å²) in [6.07, 6.45) is 1.78. The highest BCUT2D eigenvalue weighted by Crippen LogP contribution is 2.18. The van der Waals surface area contributed by atoms with Crippen molar-refractivity contribution >= 4 is 24.2 Å². The van der Waals surface area contributed by atoms with E-state index in [4.69, 9.17) is 0 Å². The fraction of sp³-hybridized carbons (Fsp3) is 0.250. The van der Waals surface area contributed by atoms with Gasteiger partial charge in [-0.3, -0.25) is 4.79 Å². The molecule has 80 valence electrons. The molecule has 0 unspecified atom stereocenters. The van der Waals surface area contributed by atoms with E-state index in [1.165, 1.54) is 0 Å². The Morgan fingerprint density at radius 1 is 1.47 bits per heavy atom. The van der Waals surface area contributed by atoms with Crippen molar-refractivity contribution in [3.8, 4) is 0 Å². The Morgan fingerprint density at radius 3 is 2.67 bits per heavy atom. The molecule has 0 atom stereocenters. The Kier molecular flexibility index (Phi) is 3.97. The number of carbonyl (C=O) groups is 1. The molecule has 2 nitrogen and oxygen atoms in total. The van der Waals surface area contributed by atoms with Crippen LogP contribution in [0.1, 0.15) is 19.4 Å². The molecule has 3 heteroatoms. The molecule has 0 aliphatic rings. The number of allylic oxidation sites excluding steroid dienone is 1. The third kappa shape index (κ3) is 3.13. The Morgan fingerprint density at radius 2 is 2.13 bits per heavy atom. The molecule has 0 aromatic heterocycles. The maximum atomic E-state index is 11.5. The van der Waals surface area contributed by atoms with Crippen LogP contribution in [0.15, 0.2) is 34.7 Å². The van der Waals surface area contributed by atoms with E-state index in [9.17, 15) is 4.79 Å². The van der Waals surface area contributed by atoms with E-state index in [0.29, 0.717) is 5.57 Å². The summed E-state index contributed by atoms with van der Waals surface area (Å²) in [5.74, 6) is -0.0749. The standard InChI is InChI=1S/C12H15NOS/c1-4-8(2)12(14)13-10-6-5-9(3)11(15)7-10/h4-7,15H,1-3H3,(H,13,14)/b8-4+. The van der Waals surface area contributed by atoms with E-state index in [0.717, 1.165) is 16.1 Å². The largest absolute Gasteiger partial charge is 0.322 e. The molecule has 0 spiro atoms. The molecule has 0 saturated carbocycles. The van der Waals surface area contributed by atoms with Crippen LogP contribution in [0.2, 0.25) is 0 Å². The van der Waals surface area contributed by atoms with Gasteiger partial charge in [0.2, 0.25) is 0 Å². The van der Waals surface area contributed by atoms with Crippen molar-refractivity contribution < 1.29 is 4.79 Å². The van der Waals surface area contributed by atoms with Gasteiger partial charge >= 0.3 is 0 Å². The van der Waals surface area contributed by atoms with Gasteiger partial charge in [0.25, 0.3) is 5.91 Å². The lowest BCUT2D eigenvalue weighted by Gasteiger charge is -2.07. The van der Waals surface area contributed by atoms with Gasteiger partial charge in [-0.15, -0.1) is 12.6 Å². The minimum absolute atomic E-state index is 0.0749. The SMILES string of the molecule is C/C=C(\C)C(=O)Nc1ccc(C)c(S)c1. The van der Waals surface area contributed by atoms with Gasteiger partial charge in [0.15, 0.2) is 0 Å². The zero-order valence-electron chi connectivity index (χ0n) is 9.16. The molecule has 0 aliphatic heterocycles. The third-order valence-corrected chi connectivity index (χ3v) is 2.74. The second-order valence-electron chi connectivity index (χ2n) is 3.43. The van der Waals surface area contributed by atoms with Crippen molar-refractivity contribution in [1.82, 2.24) is 0 Å². The van der Waals surface area contributed by atoms with Crippen LogP contribution >= 0.6 is 12.6 Å². The van der Waals surface area contributed by atoms with Gasteiger partial charge in [-0.2, -0.15) is 0 Å². The maximum absolute atomic E-state index is 11.5. The lowest BCUT2D eigenvalue weighted by atomic mass is 10.2. The highest BCUT2D eigenvalue weighted by molar-refractivity contribution is 7.80. The molecule has 1 rings (SSSR count). The van der Waals surface area contributed by atoms with Gasteiger partial charge in [-0.05, 0) is 38.5 Å². The molecule has 1 N–H and O–H groups in total. The normalized spacial score (nSPS) is 11.3. The second kappa shape index (κ2) is 5.03. The molecule has 1 aromatic rings. The molecule has 0 radical (unpaired) electrons. The first-order valence-corrected chi connectivity index (χ1v) is 5.23. The van der Waals surface area contributed by atoms with Gasteiger partial charge < -0.3 is 5.32 Å². The first kappa shape index (κ1) is 11.9. The zero-order valence-corrected chi connectivity index (χ0v) is 10.1. The maximum Gasteiger partial charge on any atom is 0.250 e. The number of anilines is 1. The average Bonchev–Trinajstić information content (AvgIpc) is 2.22. The molecular weight excluding hydrogens is 206 g/mol. The second-order valence-corrected chi connectivity index (χ2v) is 3.91. The number of hydrogen-bond acceptors (Lipinski definition) is 2. The zero-order chi connectivity index (χ0) is 11.4. The molecule has 0 saturated heterocycles. The lowest BCUT2D eigenvalue weighted by molar-refractivity contribution is -0.112. The van der Waals surface area contributed by atoms with Crippen molar-refractivity contribution in [3.63, 3.8) is 0 Å². The van der Waals surface area contributed by atoms with Gasteiger partial charge in [-0.1, -0.05) is 12.1 Å². The van der Waals surface area contributed by atoms with Crippen LogP contribution in [0.3, 0.4) is 0 Å². The van der Waals surface area contributed by atoms with Gasteiger partial charge in [0.05, 0.1) is 0 Å². The molecule has 0 heterocycles. The summed E-state index contributed by atoms with van der Waals surface area (Å²) in [6.45, 7) is 5.60. The van der Waals surface area contributed by atoms with Crippen LogP contribution in [0, 0.1) is 6.92 Å². The van der Waals surface area contributed by atoms with E-state index in [1.807, 2.05) is 32.0 Å². The molecule has 15 heavy (non-hydrogen) atoms. The molecule has 1 aromatic carbocycles. The third-order valence-electron chi connectivity index (χ3n) is 2.26. The van der Waals surface area contributed by atoms with E-state index in [2.05, 4.69) is 17.9 Å². The Balaban J connectivity index is 2.82. The topological polar surface area (TPSA) is 29.1 Å². The highest BCUT2D eigenvalue weighted by atomic mass is 32.1. The smallest absolute Gasteiger partial charge is 0.250 e. The molecule has 1 amide bonds. The number of aryl methyl sites for hydroxylation is 1. The van der Waals surface area contributed by atoms with Crippen LogP contribution in [0.25, 0.3) is 0 Å². The van der Waals surface area contributed by atoms with E-state index < -0.39 is 0 Å². The van der Waals surface area contributed by atoms with Crippen LogP contribution < -0.4 is 5.32 Å². The summed E-state index contributed by atoms with van der Waals surface area (Å²) < 4.78 is 0. The Labute approximate surface area is 95.8 Å². The molecule has 0 aliphatic carbocycles. The number of thiol groups is 1. The van der Waals surface area contributed by atoms with Crippen LogP contribution in [0.5, 0.6) is 0 Å². The first-order chi connectivity index (χ1) is 7.04. The number of carbonyl (C=O) groups excluding carboxylic acids is 1. The van der Waals surface area contributed by atoms with Crippen LogP contribution in [-0.4, -0.2) is 5.91 Å². The molecular formula is C12H15NOS. The molecule has 0 fully saturated rings. The minimum atomic E-state index is -0.0749.